The molecule has 0 saturated heterocycles. The highest BCUT2D eigenvalue weighted by Gasteiger charge is 2.11. The summed E-state index contributed by atoms with van der Waals surface area (Å²) in [6.45, 7) is 0.822. The van der Waals surface area contributed by atoms with Crippen LogP contribution in [0.15, 0.2) is 67.3 Å². The van der Waals surface area contributed by atoms with Crippen molar-refractivity contribution in [3.63, 3.8) is 0 Å². The fourth-order valence-electron chi connectivity index (χ4n) is 2.55. The molecule has 0 atom stereocenters. The lowest BCUT2D eigenvalue weighted by molar-refractivity contribution is 0.0950. The minimum Gasteiger partial charge on any atom is -0.352 e. The molecule has 1 aromatic carbocycles. The monoisotopic (exact) mass is 394 g/mol. The van der Waals surface area contributed by atoms with Gasteiger partial charge in [-0.15, -0.1) is 0 Å². The van der Waals surface area contributed by atoms with Crippen LogP contribution in [0, 0.1) is 0 Å². The summed E-state index contributed by atoms with van der Waals surface area (Å²) in [5.74, 6) is -0.574. The fourth-order valence-corrected chi connectivity index (χ4v) is 2.67. The summed E-state index contributed by atoms with van der Waals surface area (Å²) in [5.41, 5.74) is 2.63. The maximum Gasteiger partial charge on any atom is 0.253 e. The summed E-state index contributed by atoms with van der Waals surface area (Å²) in [7, 11) is 0. The number of carbonyl (C=O) groups excluding carboxylic acids is 2. The van der Waals surface area contributed by atoms with Gasteiger partial charge in [0.1, 0.15) is 0 Å². The molecule has 2 aromatic heterocycles. The number of nitrogens with one attached hydrogen (secondary N) is 2. The van der Waals surface area contributed by atoms with Gasteiger partial charge in [0.15, 0.2) is 0 Å². The van der Waals surface area contributed by atoms with Gasteiger partial charge < -0.3 is 10.6 Å². The summed E-state index contributed by atoms with van der Waals surface area (Å²) >= 11 is 5.86. The standard InChI is InChI=1S/C21H19ClN4O2/c22-19-5-3-15(4-6-19)7-9-25-20(27)17-10-18(14-24-13-17)21(28)26-12-16-2-1-8-23-11-16/h1-6,8,10-11,13-14H,7,9,12H2,(H,25,27)(H,26,28). The highest BCUT2D eigenvalue weighted by molar-refractivity contribution is 6.30. The fraction of sp³-hybridized carbons (Fsp3) is 0.143. The van der Waals surface area contributed by atoms with Gasteiger partial charge in [-0.1, -0.05) is 29.8 Å². The molecule has 2 heterocycles. The maximum atomic E-state index is 12.3. The van der Waals surface area contributed by atoms with Crippen molar-refractivity contribution in [2.45, 2.75) is 13.0 Å². The number of nitrogens with zero attached hydrogens (tertiary/aromatic N) is 2. The molecule has 0 radical (unpaired) electrons. The van der Waals surface area contributed by atoms with Gasteiger partial charge in [0, 0.05) is 42.9 Å². The minimum atomic E-state index is -0.299. The van der Waals surface area contributed by atoms with E-state index in [0.29, 0.717) is 35.7 Å². The number of hydrogen-bond donors (Lipinski definition) is 2. The number of aromatic nitrogens is 2. The Hall–Kier alpha value is -3.25. The molecule has 0 unspecified atom stereocenters. The Morgan fingerprint density at radius 2 is 1.57 bits per heavy atom. The number of rotatable bonds is 7. The maximum absolute atomic E-state index is 12.3. The molecule has 0 bridgehead atoms. The second-order valence-electron chi connectivity index (χ2n) is 6.14. The second-order valence-corrected chi connectivity index (χ2v) is 6.58. The third kappa shape index (κ3) is 5.62. The predicted octanol–water partition coefficient (Wildman–Crippen LogP) is 3.03. The van der Waals surface area contributed by atoms with Crippen LogP contribution in [0.4, 0.5) is 0 Å². The van der Waals surface area contributed by atoms with E-state index in [4.69, 9.17) is 11.6 Å². The van der Waals surface area contributed by atoms with Gasteiger partial charge in [0.05, 0.1) is 11.1 Å². The van der Waals surface area contributed by atoms with Crippen molar-refractivity contribution in [3.8, 4) is 0 Å². The Labute approximate surface area is 168 Å². The van der Waals surface area contributed by atoms with Gasteiger partial charge in [-0.3, -0.25) is 19.6 Å². The largest absolute Gasteiger partial charge is 0.352 e. The van der Waals surface area contributed by atoms with E-state index in [-0.39, 0.29) is 11.8 Å². The van der Waals surface area contributed by atoms with E-state index in [1.54, 1.807) is 18.5 Å². The van der Waals surface area contributed by atoms with Crippen molar-refractivity contribution < 1.29 is 9.59 Å². The Bertz CT molecular complexity index is 946. The zero-order valence-corrected chi connectivity index (χ0v) is 15.8. The molecule has 2 amide bonds. The summed E-state index contributed by atoms with van der Waals surface area (Å²) in [5, 5.41) is 6.30. The van der Waals surface area contributed by atoms with Crippen LogP contribution < -0.4 is 10.6 Å². The second kappa shape index (κ2) is 9.62. The average molecular weight is 395 g/mol. The predicted molar refractivity (Wildman–Crippen MR) is 107 cm³/mol. The number of carbonyl (C=O) groups is 2. The van der Waals surface area contributed by atoms with Gasteiger partial charge in [-0.25, -0.2) is 0 Å². The molecule has 0 fully saturated rings. The van der Waals surface area contributed by atoms with Crippen LogP contribution in [0.5, 0.6) is 0 Å². The van der Waals surface area contributed by atoms with Crippen LogP contribution in [0.3, 0.4) is 0 Å². The first-order valence-corrected chi connectivity index (χ1v) is 9.14. The SMILES string of the molecule is O=C(NCCc1ccc(Cl)cc1)c1cncc(C(=O)NCc2cccnc2)c1. The number of halogens is 1. The van der Waals surface area contributed by atoms with Gasteiger partial charge in [-0.2, -0.15) is 0 Å². The number of pyridine rings is 2. The summed E-state index contributed by atoms with van der Waals surface area (Å²) in [6, 6.07) is 12.7. The van der Waals surface area contributed by atoms with Crippen LogP contribution in [-0.2, 0) is 13.0 Å². The van der Waals surface area contributed by atoms with Crippen molar-refractivity contribution in [2.24, 2.45) is 0 Å². The van der Waals surface area contributed by atoms with E-state index in [2.05, 4.69) is 20.6 Å². The molecule has 6 nitrogen and oxygen atoms in total. The Balaban J connectivity index is 1.53. The zero-order valence-electron chi connectivity index (χ0n) is 15.1. The summed E-state index contributed by atoms with van der Waals surface area (Å²) < 4.78 is 0. The zero-order chi connectivity index (χ0) is 19.8. The first-order chi connectivity index (χ1) is 13.6. The Morgan fingerprint density at radius 3 is 2.25 bits per heavy atom. The van der Waals surface area contributed by atoms with Gasteiger partial charge >= 0.3 is 0 Å². The average Bonchev–Trinajstić information content (AvgIpc) is 2.74. The molecule has 28 heavy (non-hydrogen) atoms. The minimum absolute atomic E-state index is 0.275. The van der Waals surface area contributed by atoms with Crippen LogP contribution >= 0.6 is 11.6 Å². The Kier molecular flexibility index (Phi) is 6.70. The van der Waals surface area contributed by atoms with E-state index in [9.17, 15) is 9.59 Å². The van der Waals surface area contributed by atoms with Gasteiger partial charge in [0.2, 0.25) is 0 Å². The quantitative estimate of drug-likeness (QED) is 0.645. The molecule has 0 aliphatic heterocycles. The number of benzene rings is 1. The molecular formula is C21H19ClN4O2. The lowest BCUT2D eigenvalue weighted by Gasteiger charge is -2.08. The van der Waals surface area contributed by atoms with Crippen molar-refractivity contribution in [1.29, 1.82) is 0 Å². The molecule has 0 aliphatic rings. The molecular weight excluding hydrogens is 376 g/mol. The van der Waals surface area contributed by atoms with Crippen LogP contribution in [0.2, 0.25) is 5.02 Å². The molecule has 7 heteroatoms. The molecule has 142 valence electrons. The Morgan fingerprint density at radius 1 is 0.857 bits per heavy atom. The van der Waals surface area contributed by atoms with Gasteiger partial charge in [0.25, 0.3) is 11.8 Å². The third-order valence-corrected chi connectivity index (χ3v) is 4.30. The third-order valence-electron chi connectivity index (χ3n) is 4.05. The molecule has 0 saturated carbocycles. The van der Waals surface area contributed by atoms with E-state index >= 15 is 0 Å². The molecule has 2 N–H and O–H groups in total. The van der Waals surface area contributed by atoms with Crippen molar-refractivity contribution in [3.05, 3.63) is 94.5 Å². The van der Waals surface area contributed by atoms with Crippen molar-refractivity contribution in [2.75, 3.05) is 6.54 Å². The lowest BCUT2D eigenvalue weighted by atomic mass is 10.1. The first-order valence-electron chi connectivity index (χ1n) is 8.76. The first kappa shape index (κ1) is 19.5. The normalized spacial score (nSPS) is 10.3. The van der Waals surface area contributed by atoms with Crippen LogP contribution in [0.25, 0.3) is 0 Å². The number of amides is 2. The lowest BCUT2D eigenvalue weighted by Crippen LogP contribution is -2.27. The van der Waals surface area contributed by atoms with E-state index < -0.39 is 0 Å². The topological polar surface area (TPSA) is 84.0 Å². The smallest absolute Gasteiger partial charge is 0.253 e. The molecule has 0 aliphatic carbocycles. The molecule has 3 aromatic rings. The van der Waals surface area contributed by atoms with E-state index in [0.717, 1.165) is 11.1 Å². The van der Waals surface area contributed by atoms with E-state index in [1.165, 1.54) is 18.5 Å². The van der Waals surface area contributed by atoms with Crippen molar-refractivity contribution in [1.82, 2.24) is 20.6 Å². The highest BCUT2D eigenvalue weighted by atomic mass is 35.5. The van der Waals surface area contributed by atoms with Gasteiger partial charge in [-0.05, 0) is 41.8 Å². The summed E-state index contributed by atoms with van der Waals surface area (Å²) in [4.78, 5) is 32.6. The molecule has 0 spiro atoms. The number of hydrogen-bond acceptors (Lipinski definition) is 4. The molecule has 3 rings (SSSR count). The highest BCUT2D eigenvalue weighted by Crippen LogP contribution is 2.10. The van der Waals surface area contributed by atoms with Crippen LogP contribution in [-0.4, -0.2) is 28.3 Å². The van der Waals surface area contributed by atoms with E-state index in [1.807, 2.05) is 30.3 Å². The van der Waals surface area contributed by atoms with Crippen LogP contribution in [0.1, 0.15) is 31.8 Å². The van der Waals surface area contributed by atoms with Crippen molar-refractivity contribution >= 4 is 23.4 Å². The summed E-state index contributed by atoms with van der Waals surface area (Å²) in [6.07, 6.45) is 6.91.